The number of H-pyrrole nitrogens is 1. The average molecular weight is 515 g/mol. The number of fused-ring (bicyclic) bond motifs is 4. The number of aliphatic imine (C=N–C) groups is 1. The van der Waals surface area contributed by atoms with Crippen LogP contribution in [-0.2, 0) is 0 Å². The van der Waals surface area contributed by atoms with Crippen molar-refractivity contribution < 1.29 is 9.15 Å². The van der Waals surface area contributed by atoms with Gasteiger partial charge in [0.25, 0.3) is 0 Å². The minimum atomic E-state index is -0.393. The standard InChI is InChI=1S/C33H30N4O2/c1-3-34-32-29-25(21-16-18-33(2,19-17-21)39-22-10-5-4-6-11-22)20-35-30(31(29)36-37-32)24-13-9-15-27-28(24)23-12-7-8-14-26(23)38-27/h4-18,25H,3,19-20H2,1-2H3,(H2,34,36,37). The molecule has 7 rings (SSSR count). The van der Waals surface area contributed by atoms with Gasteiger partial charge in [0.2, 0.25) is 0 Å². The molecule has 2 aliphatic rings. The molecule has 6 nitrogen and oxygen atoms in total. The van der Waals surface area contributed by atoms with Crippen molar-refractivity contribution in [3.63, 3.8) is 0 Å². The molecule has 194 valence electrons. The van der Waals surface area contributed by atoms with Gasteiger partial charge in [-0.15, -0.1) is 0 Å². The first-order valence-electron chi connectivity index (χ1n) is 13.5. The van der Waals surface area contributed by atoms with Crippen LogP contribution in [0.5, 0.6) is 5.75 Å². The number of allylic oxidation sites excluding steroid dienone is 1. The lowest BCUT2D eigenvalue weighted by Crippen LogP contribution is -2.31. The van der Waals surface area contributed by atoms with Crippen molar-refractivity contribution in [3.8, 4) is 5.75 Å². The first kappa shape index (κ1) is 23.5. The molecule has 1 aliphatic carbocycles. The normalized spacial score (nSPS) is 20.5. The van der Waals surface area contributed by atoms with E-state index in [-0.39, 0.29) is 5.92 Å². The summed E-state index contributed by atoms with van der Waals surface area (Å²) in [6.07, 6.45) is 7.46. The van der Waals surface area contributed by atoms with Crippen LogP contribution in [0.25, 0.3) is 21.9 Å². The summed E-state index contributed by atoms with van der Waals surface area (Å²) in [6.45, 7) is 5.65. The molecule has 2 N–H and O–H groups in total. The number of furan rings is 1. The first-order chi connectivity index (χ1) is 19.1. The van der Waals surface area contributed by atoms with Gasteiger partial charge in [0.1, 0.15) is 22.5 Å². The third-order valence-electron chi connectivity index (χ3n) is 7.69. The van der Waals surface area contributed by atoms with E-state index < -0.39 is 5.60 Å². The number of aromatic amines is 1. The van der Waals surface area contributed by atoms with Gasteiger partial charge in [-0.3, -0.25) is 10.1 Å². The number of anilines is 1. The number of benzene rings is 3. The summed E-state index contributed by atoms with van der Waals surface area (Å²) in [4.78, 5) is 5.18. The topological polar surface area (TPSA) is 75.4 Å². The van der Waals surface area contributed by atoms with Crippen LogP contribution in [0.4, 0.5) is 5.82 Å². The number of hydrogen-bond donors (Lipinski definition) is 2. The Morgan fingerprint density at radius 2 is 1.85 bits per heavy atom. The summed E-state index contributed by atoms with van der Waals surface area (Å²) in [5.41, 5.74) is 6.69. The third-order valence-corrected chi connectivity index (χ3v) is 7.69. The lowest BCUT2D eigenvalue weighted by Gasteiger charge is -2.32. The second-order valence-electron chi connectivity index (χ2n) is 10.4. The summed E-state index contributed by atoms with van der Waals surface area (Å²) in [5, 5.41) is 13.7. The summed E-state index contributed by atoms with van der Waals surface area (Å²) in [5.74, 6) is 1.85. The molecule has 5 aromatic rings. The highest BCUT2D eigenvalue weighted by molar-refractivity contribution is 6.24. The molecule has 39 heavy (non-hydrogen) atoms. The van der Waals surface area contributed by atoms with Crippen LogP contribution < -0.4 is 10.1 Å². The molecule has 0 fully saturated rings. The molecule has 2 aromatic heterocycles. The van der Waals surface area contributed by atoms with Gasteiger partial charge in [-0.05, 0) is 49.8 Å². The predicted octanol–water partition coefficient (Wildman–Crippen LogP) is 7.40. The molecule has 6 heteroatoms. The van der Waals surface area contributed by atoms with Gasteiger partial charge in [0.15, 0.2) is 5.82 Å². The lowest BCUT2D eigenvalue weighted by molar-refractivity contribution is 0.142. The van der Waals surface area contributed by atoms with Crippen molar-refractivity contribution in [3.05, 3.63) is 113 Å². The maximum absolute atomic E-state index is 6.34. The highest BCUT2D eigenvalue weighted by Gasteiger charge is 2.34. The van der Waals surface area contributed by atoms with E-state index in [0.29, 0.717) is 6.54 Å². The van der Waals surface area contributed by atoms with E-state index in [4.69, 9.17) is 19.2 Å². The monoisotopic (exact) mass is 514 g/mol. The molecule has 0 saturated heterocycles. The van der Waals surface area contributed by atoms with E-state index >= 15 is 0 Å². The van der Waals surface area contributed by atoms with Gasteiger partial charge < -0.3 is 14.5 Å². The van der Waals surface area contributed by atoms with Crippen molar-refractivity contribution in [2.45, 2.75) is 31.8 Å². The van der Waals surface area contributed by atoms with Crippen molar-refractivity contribution in [1.82, 2.24) is 10.2 Å². The molecule has 3 aromatic carbocycles. The van der Waals surface area contributed by atoms with Crippen molar-refractivity contribution in [2.75, 3.05) is 18.4 Å². The van der Waals surface area contributed by atoms with Gasteiger partial charge in [-0.2, -0.15) is 5.10 Å². The predicted molar refractivity (Wildman–Crippen MR) is 157 cm³/mol. The number of hydrogen-bond acceptors (Lipinski definition) is 5. The third kappa shape index (κ3) is 4.04. The Balaban J connectivity index is 1.27. The van der Waals surface area contributed by atoms with Crippen LogP contribution in [0.3, 0.4) is 0 Å². The Morgan fingerprint density at radius 3 is 2.67 bits per heavy atom. The van der Waals surface area contributed by atoms with E-state index in [1.54, 1.807) is 0 Å². The van der Waals surface area contributed by atoms with Gasteiger partial charge in [-0.1, -0.05) is 60.7 Å². The molecule has 2 unspecified atom stereocenters. The first-order valence-corrected chi connectivity index (χ1v) is 13.5. The zero-order chi connectivity index (χ0) is 26.4. The van der Waals surface area contributed by atoms with Crippen LogP contribution in [0.15, 0.2) is 106 Å². The molecule has 0 bridgehead atoms. The smallest absolute Gasteiger partial charge is 0.152 e. The van der Waals surface area contributed by atoms with E-state index in [9.17, 15) is 0 Å². The number of ether oxygens (including phenoxy) is 1. The fraction of sp³-hybridized carbons (Fsp3) is 0.212. The summed E-state index contributed by atoms with van der Waals surface area (Å²) >= 11 is 0. The maximum atomic E-state index is 6.34. The van der Waals surface area contributed by atoms with E-state index in [1.165, 1.54) is 5.57 Å². The van der Waals surface area contributed by atoms with Crippen molar-refractivity contribution >= 4 is 33.5 Å². The molecule has 0 saturated carbocycles. The van der Waals surface area contributed by atoms with E-state index in [1.807, 2.05) is 54.6 Å². The molecular formula is C33H30N4O2. The number of nitrogens with zero attached hydrogens (tertiary/aromatic N) is 2. The van der Waals surface area contributed by atoms with Crippen molar-refractivity contribution in [1.29, 1.82) is 0 Å². The van der Waals surface area contributed by atoms with Gasteiger partial charge >= 0.3 is 0 Å². The molecule has 0 spiro atoms. The Kier molecular flexibility index (Phi) is 5.62. The molecule has 0 amide bonds. The number of rotatable bonds is 6. The number of aromatic nitrogens is 2. The summed E-state index contributed by atoms with van der Waals surface area (Å²) in [6, 6.07) is 24.4. The Morgan fingerprint density at radius 1 is 1.03 bits per heavy atom. The number of para-hydroxylation sites is 2. The highest BCUT2D eigenvalue weighted by atomic mass is 16.5. The molecular weight excluding hydrogens is 484 g/mol. The fourth-order valence-electron chi connectivity index (χ4n) is 5.81. The van der Waals surface area contributed by atoms with Gasteiger partial charge in [-0.25, -0.2) is 0 Å². The average Bonchev–Trinajstić information content (AvgIpc) is 3.56. The number of nitrogens with one attached hydrogen (secondary N) is 2. The van der Waals surface area contributed by atoms with Crippen LogP contribution in [-0.4, -0.2) is 34.6 Å². The largest absolute Gasteiger partial charge is 0.483 e. The molecule has 2 atom stereocenters. The summed E-state index contributed by atoms with van der Waals surface area (Å²) < 4.78 is 12.5. The maximum Gasteiger partial charge on any atom is 0.152 e. The van der Waals surface area contributed by atoms with Crippen LogP contribution in [0, 0.1) is 0 Å². The molecule has 1 aliphatic heterocycles. The van der Waals surface area contributed by atoms with Gasteiger partial charge in [0.05, 0.1) is 18.0 Å². The van der Waals surface area contributed by atoms with Crippen LogP contribution >= 0.6 is 0 Å². The van der Waals surface area contributed by atoms with Crippen molar-refractivity contribution in [2.24, 2.45) is 4.99 Å². The molecule has 0 radical (unpaired) electrons. The minimum Gasteiger partial charge on any atom is -0.483 e. The van der Waals surface area contributed by atoms with E-state index in [2.05, 4.69) is 60.7 Å². The van der Waals surface area contributed by atoms with Gasteiger partial charge in [0, 0.05) is 40.8 Å². The Bertz CT molecular complexity index is 1780. The fourth-order valence-corrected chi connectivity index (χ4v) is 5.81. The van der Waals surface area contributed by atoms with E-state index in [0.717, 1.165) is 69.0 Å². The quantitative estimate of drug-likeness (QED) is 0.248. The second kappa shape index (κ2) is 9.31. The highest BCUT2D eigenvalue weighted by Crippen LogP contribution is 2.41. The minimum absolute atomic E-state index is 0.0920. The Hall–Kier alpha value is -4.58. The summed E-state index contributed by atoms with van der Waals surface area (Å²) in [7, 11) is 0. The lowest BCUT2D eigenvalue weighted by atomic mass is 9.81. The SMILES string of the molecule is CCNc1n[nH]c2c1C(C1=CCC(C)(Oc3ccccc3)C=C1)CN=C2c1cccc2oc3ccccc3c12. The zero-order valence-electron chi connectivity index (χ0n) is 22.1. The van der Waals surface area contributed by atoms with Crippen LogP contribution in [0.2, 0.25) is 0 Å². The van der Waals surface area contributed by atoms with Crippen LogP contribution in [0.1, 0.15) is 43.0 Å². The zero-order valence-corrected chi connectivity index (χ0v) is 22.1. The Labute approximate surface area is 227 Å². The molecule has 3 heterocycles. The second-order valence-corrected chi connectivity index (χ2v) is 10.4.